The molecule has 2 N–H and O–H groups in total. The molecule has 0 atom stereocenters. The minimum atomic E-state index is -4.51. The molecule has 0 radical (unpaired) electrons. The summed E-state index contributed by atoms with van der Waals surface area (Å²) in [4.78, 5) is 25.2. The molecule has 1 aliphatic carbocycles. The Hall–Kier alpha value is -3.03. The number of methoxy groups -OCH3 is 1. The Labute approximate surface area is 153 Å². The smallest absolute Gasteiger partial charge is 0.416 e. The summed E-state index contributed by atoms with van der Waals surface area (Å²) in [6.45, 7) is 0. The maximum absolute atomic E-state index is 12.8. The van der Waals surface area contributed by atoms with Crippen LogP contribution >= 0.6 is 0 Å². The standard InChI is InChI=1S/C19H17F3N2O3/c1-27-15-8-3-2-7-14(15)24-17(26)18(9-10-18)16(25)23-13-6-4-5-12(11-13)19(20,21)22/h2-8,11H,9-10H2,1H3,(H,23,25)(H,24,26). The van der Waals surface area contributed by atoms with Gasteiger partial charge in [-0.1, -0.05) is 18.2 Å². The van der Waals surface area contributed by atoms with Crippen LogP contribution in [-0.4, -0.2) is 18.9 Å². The maximum Gasteiger partial charge on any atom is 0.416 e. The van der Waals surface area contributed by atoms with Crippen molar-refractivity contribution in [3.63, 3.8) is 0 Å². The first-order valence-corrected chi connectivity index (χ1v) is 8.19. The van der Waals surface area contributed by atoms with E-state index in [4.69, 9.17) is 4.74 Å². The molecule has 2 aromatic carbocycles. The van der Waals surface area contributed by atoms with E-state index in [1.807, 2.05) is 0 Å². The van der Waals surface area contributed by atoms with Crippen molar-refractivity contribution in [3.05, 3.63) is 54.1 Å². The highest BCUT2D eigenvalue weighted by molar-refractivity contribution is 6.17. The summed E-state index contributed by atoms with van der Waals surface area (Å²) in [6.07, 6.45) is -3.88. The first-order valence-electron chi connectivity index (χ1n) is 8.19. The van der Waals surface area contributed by atoms with Gasteiger partial charge in [0.25, 0.3) is 0 Å². The number of hydrogen-bond acceptors (Lipinski definition) is 3. The lowest BCUT2D eigenvalue weighted by molar-refractivity contribution is -0.137. The number of benzene rings is 2. The van der Waals surface area contributed by atoms with E-state index in [0.717, 1.165) is 12.1 Å². The Kier molecular flexibility index (Phi) is 4.82. The molecule has 0 spiro atoms. The molecule has 0 aromatic heterocycles. The summed E-state index contributed by atoms with van der Waals surface area (Å²) in [5, 5.41) is 5.08. The lowest BCUT2D eigenvalue weighted by Gasteiger charge is -2.17. The lowest BCUT2D eigenvalue weighted by atomic mass is 10.0. The predicted octanol–water partition coefficient (Wildman–Crippen LogP) is 4.07. The summed E-state index contributed by atoms with van der Waals surface area (Å²) in [7, 11) is 1.46. The summed E-state index contributed by atoms with van der Waals surface area (Å²) in [5.41, 5.74) is -1.76. The van der Waals surface area contributed by atoms with Gasteiger partial charge in [0.15, 0.2) is 0 Å². The van der Waals surface area contributed by atoms with Crippen molar-refractivity contribution < 1.29 is 27.5 Å². The van der Waals surface area contributed by atoms with Crippen LogP contribution in [-0.2, 0) is 15.8 Å². The van der Waals surface area contributed by atoms with Gasteiger partial charge < -0.3 is 15.4 Å². The number of nitrogens with one attached hydrogen (secondary N) is 2. The fourth-order valence-corrected chi connectivity index (χ4v) is 2.70. The van der Waals surface area contributed by atoms with Crippen molar-refractivity contribution in [2.24, 2.45) is 5.41 Å². The number of anilines is 2. The maximum atomic E-state index is 12.8. The number of halogens is 3. The molecule has 0 unspecified atom stereocenters. The molecular weight excluding hydrogens is 361 g/mol. The van der Waals surface area contributed by atoms with Gasteiger partial charge >= 0.3 is 6.18 Å². The zero-order valence-electron chi connectivity index (χ0n) is 14.4. The van der Waals surface area contributed by atoms with Gasteiger partial charge in [-0.25, -0.2) is 0 Å². The fraction of sp³-hybridized carbons (Fsp3) is 0.263. The van der Waals surface area contributed by atoms with E-state index < -0.39 is 29.0 Å². The second kappa shape index (κ2) is 6.94. The number of ether oxygens (including phenoxy) is 1. The van der Waals surface area contributed by atoms with Crippen LogP contribution in [0.1, 0.15) is 18.4 Å². The van der Waals surface area contributed by atoms with Crippen LogP contribution in [0.2, 0.25) is 0 Å². The van der Waals surface area contributed by atoms with Crippen LogP contribution < -0.4 is 15.4 Å². The van der Waals surface area contributed by atoms with E-state index in [-0.39, 0.29) is 5.69 Å². The van der Waals surface area contributed by atoms with Crippen molar-refractivity contribution in [2.75, 3.05) is 17.7 Å². The fourth-order valence-electron chi connectivity index (χ4n) is 2.70. The molecule has 2 amide bonds. The largest absolute Gasteiger partial charge is 0.495 e. The van der Waals surface area contributed by atoms with Crippen molar-refractivity contribution in [3.8, 4) is 5.75 Å². The van der Waals surface area contributed by atoms with Crippen molar-refractivity contribution >= 4 is 23.2 Å². The van der Waals surface area contributed by atoms with Crippen molar-refractivity contribution in [1.82, 2.24) is 0 Å². The number of carbonyl (C=O) groups excluding carboxylic acids is 2. The molecule has 0 heterocycles. The Morgan fingerprint density at radius 1 is 1.00 bits per heavy atom. The molecule has 3 rings (SSSR count). The number of para-hydroxylation sites is 2. The molecule has 0 bridgehead atoms. The summed E-state index contributed by atoms with van der Waals surface area (Å²) < 4.78 is 43.6. The van der Waals surface area contributed by atoms with E-state index in [1.54, 1.807) is 24.3 Å². The van der Waals surface area contributed by atoms with E-state index in [0.29, 0.717) is 24.3 Å². The molecule has 8 heteroatoms. The SMILES string of the molecule is COc1ccccc1NC(=O)C1(C(=O)Nc2cccc(C(F)(F)F)c2)CC1. The van der Waals surface area contributed by atoms with E-state index in [2.05, 4.69) is 10.6 Å². The molecular formula is C19H17F3N2O3. The topological polar surface area (TPSA) is 67.4 Å². The average molecular weight is 378 g/mol. The van der Waals surface area contributed by atoms with Crippen LogP contribution in [0, 0.1) is 5.41 Å². The summed E-state index contributed by atoms with van der Waals surface area (Å²) in [5.74, 6) is -0.703. The first kappa shape index (κ1) is 18.8. The molecule has 1 fully saturated rings. The third-order valence-corrected chi connectivity index (χ3v) is 4.42. The first-order chi connectivity index (χ1) is 12.8. The molecule has 142 valence electrons. The third-order valence-electron chi connectivity index (χ3n) is 4.42. The van der Waals surface area contributed by atoms with Crippen LogP contribution in [0.25, 0.3) is 0 Å². The highest BCUT2D eigenvalue weighted by Gasteiger charge is 2.56. The van der Waals surface area contributed by atoms with Gasteiger partial charge in [-0.3, -0.25) is 9.59 Å². The van der Waals surface area contributed by atoms with Gasteiger partial charge in [-0.05, 0) is 43.2 Å². The molecule has 5 nitrogen and oxygen atoms in total. The second-order valence-corrected chi connectivity index (χ2v) is 6.27. The highest BCUT2D eigenvalue weighted by Crippen LogP contribution is 2.48. The number of rotatable bonds is 5. The zero-order chi connectivity index (χ0) is 19.7. The summed E-state index contributed by atoms with van der Waals surface area (Å²) in [6, 6.07) is 11.1. The van der Waals surface area contributed by atoms with E-state index in [1.165, 1.54) is 19.2 Å². The minimum Gasteiger partial charge on any atom is -0.495 e. The van der Waals surface area contributed by atoms with Gasteiger partial charge in [0, 0.05) is 5.69 Å². The molecule has 0 aliphatic heterocycles. The third kappa shape index (κ3) is 3.89. The number of alkyl halides is 3. The predicted molar refractivity (Wildman–Crippen MR) is 93.4 cm³/mol. The summed E-state index contributed by atoms with van der Waals surface area (Å²) >= 11 is 0. The van der Waals surface area contributed by atoms with Crippen LogP contribution in [0.15, 0.2) is 48.5 Å². The normalized spacial score (nSPS) is 15.0. The zero-order valence-corrected chi connectivity index (χ0v) is 14.4. The Morgan fingerprint density at radius 3 is 2.30 bits per heavy atom. The van der Waals surface area contributed by atoms with Gasteiger partial charge in [0.2, 0.25) is 11.8 Å². The van der Waals surface area contributed by atoms with Crippen LogP contribution in [0.4, 0.5) is 24.5 Å². The van der Waals surface area contributed by atoms with Crippen molar-refractivity contribution in [1.29, 1.82) is 0 Å². The van der Waals surface area contributed by atoms with Gasteiger partial charge in [0.1, 0.15) is 11.2 Å². The molecule has 27 heavy (non-hydrogen) atoms. The van der Waals surface area contributed by atoms with E-state index in [9.17, 15) is 22.8 Å². The lowest BCUT2D eigenvalue weighted by Crippen LogP contribution is -2.35. The van der Waals surface area contributed by atoms with Gasteiger partial charge in [-0.2, -0.15) is 13.2 Å². The number of carbonyl (C=O) groups is 2. The van der Waals surface area contributed by atoms with Crippen LogP contribution in [0.5, 0.6) is 5.75 Å². The molecule has 0 saturated heterocycles. The second-order valence-electron chi connectivity index (χ2n) is 6.27. The monoisotopic (exact) mass is 378 g/mol. The Bertz CT molecular complexity index is 876. The molecule has 1 aliphatic rings. The highest BCUT2D eigenvalue weighted by atomic mass is 19.4. The van der Waals surface area contributed by atoms with E-state index >= 15 is 0 Å². The quantitative estimate of drug-likeness (QED) is 0.771. The average Bonchev–Trinajstić information content (AvgIpc) is 3.44. The number of hydrogen-bond donors (Lipinski definition) is 2. The Balaban J connectivity index is 1.74. The Morgan fingerprint density at radius 2 is 1.67 bits per heavy atom. The van der Waals surface area contributed by atoms with Crippen molar-refractivity contribution in [2.45, 2.75) is 19.0 Å². The van der Waals surface area contributed by atoms with Gasteiger partial charge in [0.05, 0.1) is 18.4 Å². The number of amides is 2. The minimum absolute atomic E-state index is 0.00816. The molecule has 2 aromatic rings. The van der Waals surface area contributed by atoms with Crippen LogP contribution in [0.3, 0.4) is 0 Å². The molecule has 1 saturated carbocycles. The van der Waals surface area contributed by atoms with Gasteiger partial charge in [-0.15, -0.1) is 0 Å².